The predicted molar refractivity (Wildman–Crippen MR) is 52.4 cm³/mol. The fourth-order valence-electron chi connectivity index (χ4n) is 1.04. The molecule has 0 fully saturated rings. The Balaban J connectivity index is 2.39. The minimum atomic E-state index is -0.571. The molecule has 0 N–H and O–H groups in total. The van der Waals surface area contributed by atoms with Gasteiger partial charge in [0, 0.05) is 0 Å². The van der Waals surface area contributed by atoms with Gasteiger partial charge in [0.05, 0.1) is 0 Å². The Morgan fingerprint density at radius 3 is 2.27 bits per heavy atom. The first kappa shape index (κ1) is 8.86. The molecule has 59 valence electrons. The Bertz CT molecular complexity index is 191. The first-order valence-electron chi connectivity index (χ1n) is 4.12. The molecule has 0 amide bonds. The topological polar surface area (TPSA) is 0 Å². The molecule has 0 unspecified atom stereocenters. The van der Waals surface area contributed by atoms with Gasteiger partial charge in [0.1, 0.15) is 0 Å². The first-order chi connectivity index (χ1) is 5.29. The van der Waals surface area contributed by atoms with Gasteiger partial charge in [-0.15, -0.1) is 0 Å². The molecule has 0 aliphatic rings. The second-order valence-corrected chi connectivity index (χ2v) is 9.31. The summed E-state index contributed by atoms with van der Waals surface area (Å²) in [4.78, 5) is 0. The summed E-state index contributed by atoms with van der Waals surface area (Å²) in [6.45, 7) is 0. The molecule has 0 aromatic heterocycles. The predicted octanol–water partition coefficient (Wildman–Crippen LogP) is 2.98. The van der Waals surface area contributed by atoms with Crippen LogP contribution in [0.15, 0.2) is 30.3 Å². The van der Waals surface area contributed by atoms with Gasteiger partial charge in [-0.05, 0) is 0 Å². The summed E-state index contributed by atoms with van der Waals surface area (Å²) in [6, 6.07) is 10.8. The van der Waals surface area contributed by atoms with Crippen molar-refractivity contribution < 1.29 is 0 Å². The molecule has 1 rings (SSSR count). The van der Waals surface area contributed by atoms with E-state index in [1.165, 1.54) is 17.2 Å². The van der Waals surface area contributed by atoms with Crippen LogP contribution in [-0.2, 0) is 6.42 Å². The Morgan fingerprint density at radius 1 is 1.09 bits per heavy atom. The molecule has 0 saturated carbocycles. The number of benzene rings is 1. The summed E-state index contributed by atoms with van der Waals surface area (Å²) in [7, 11) is 0. The second kappa shape index (κ2) is 4.60. The van der Waals surface area contributed by atoms with Crippen molar-refractivity contribution in [2.45, 2.75) is 23.2 Å². The number of rotatable bonds is 3. The van der Waals surface area contributed by atoms with E-state index >= 15 is 0 Å². The van der Waals surface area contributed by atoms with E-state index in [-0.39, 0.29) is 0 Å². The van der Waals surface area contributed by atoms with Gasteiger partial charge in [-0.2, -0.15) is 0 Å². The van der Waals surface area contributed by atoms with Crippen molar-refractivity contribution in [1.82, 2.24) is 0 Å². The van der Waals surface area contributed by atoms with Crippen molar-refractivity contribution in [3.05, 3.63) is 35.9 Å². The van der Waals surface area contributed by atoms with E-state index in [0.29, 0.717) is 0 Å². The summed E-state index contributed by atoms with van der Waals surface area (Å²) < 4.78 is 0. The summed E-state index contributed by atoms with van der Waals surface area (Å²) in [5.41, 5.74) is 1.50. The molecule has 11 heavy (non-hydrogen) atoms. The molecule has 0 aliphatic heterocycles. The molecular formula is C10H15Ge. The average molecular weight is 208 g/mol. The Labute approximate surface area is 73.7 Å². The number of aryl methyl sites for hydroxylation is 1. The van der Waals surface area contributed by atoms with Gasteiger partial charge >= 0.3 is 73.4 Å². The number of hydrogen-bond donors (Lipinski definition) is 0. The van der Waals surface area contributed by atoms with Gasteiger partial charge in [0.15, 0.2) is 0 Å². The molecule has 0 saturated heterocycles. The second-order valence-electron chi connectivity index (χ2n) is 3.19. The molecule has 0 bridgehead atoms. The van der Waals surface area contributed by atoms with E-state index in [1.807, 2.05) is 0 Å². The van der Waals surface area contributed by atoms with Crippen LogP contribution < -0.4 is 0 Å². The van der Waals surface area contributed by atoms with Crippen molar-refractivity contribution in [1.29, 1.82) is 0 Å². The van der Waals surface area contributed by atoms with Gasteiger partial charge in [-0.3, -0.25) is 0 Å². The minimum absolute atomic E-state index is 0.571. The molecule has 0 spiro atoms. The third kappa shape index (κ3) is 3.61. The molecule has 1 heteroatoms. The average Bonchev–Trinajstić information content (AvgIpc) is 2.03. The molecule has 1 aromatic carbocycles. The third-order valence-electron chi connectivity index (χ3n) is 1.76. The monoisotopic (exact) mass is 209 g/mol. The zero-order chi connectivity index (χ0) is 8.10. The molecule has 0 atom stereocenters. The van der Waals surface area contributed by atoms with Gasteiger partial charge < -0.3 is 0 Å². The number of hydrogen-bond acceptors (Lipinski definition) is 0. The molecular weight excluding hydrogens is 193 g/mol. The van der Waals surface area contributed by atoms with E-state index < -0.39 is 14.3 Å². The van der Waals surface area contributed by atoms with Gasteiger partial charge in [-0.25, -0.2) is 0 Å². The van der Waals surface area contributed by atoms with Crippen LogP contribution in [0.25, 0.3) is 0 Å². The van der Waals surface area contributed by atoms with Crippen molar-refractivity contribution >= 4 is 14.3 Å². The van der Waals surface area contributed by atoms with Crippen LogP contribution in [0.5, 0.6) is 0 Å². The molecule has 0 heterocycles. The van der Waals surface area contributed by atoms with Crippen molar-refractivity contribution in [3.8, 4) is 0 Å². The standard InChI is InChI=1S/C10H15Ge/c1-11(2)9-8-10-6-4-3-5-7-10/h3-7H,8-9H2,1-2H3. The zero-order valence-corrected chi connectivity index (χ0v) is 9.40. The quantitative estimate of drug-likeness (QED) is 0.669. The molecule has 0 aliphatic carbocycles. The van der Waals surface area contributed by atoms with Crippen LogP contribution in [0, 0.1) is 0 Å². The Hall–Kier alpha value is -0.237. The molecule has 1 radical (unpaired) electrons. The fraction of sp³-hybridized carbons (Fsp3) is 0.400. The third-order valence-corrected chi connectivity index (χ3v) is 4.38. The first-order valence-corrected chi connectivity index (χ1v) is 9.80. The van der Waals surface area contributed by atoms with Crippen molar-refractivity contribution in [3.63, 3.8) is 0 Å². The van der Waals surface area contributed by atoms with Gasteiger partial charge in [-0.1, -0.05) is 0 Å². The van der Waals surface area contributed by atoms with E-state index in [9.17, 15) is 0 Å². The van der Waals surface area contributed by atoms with Gasteiger partial charge in [0.25, 0.3) is 0 Å². The van der Waals surface area contributed by atoms with Crippen LogP contribution in [0.2, 0.25) is 16.8 Å². The molecule has 0 nitrogen and oxygen atoms in total. The van der Waals surface area contributed by atoms with Crippen LogP contribution in [0.1, 0.15) is 5.56 Å². The summed E-state index contributed by atoms with van der Waals surface area (Å²) in [5.74, 6) is 4.87. The Morgan fingerprint density at radius 2 is 1.73 bits per heavy atom. The van der Waals surface area contributed by atoms with Gasteiger partial charge in [0.2, 0.25) is 0 Å². The van der Waals surface area contributed by atoms with E-state index in [0.717, 1.165) is 0 Å². The van der Waals surface area contributed by atoms with E-state index in [2.05, 4.69) is 41.8 Å². The SMILES string of the molecule is [CH3][Ge]([CH3])[CH2]Cc1ccccc1. The van der Waals surface area contributed by atoms with Crippen molar-refractivity contribution in [2.75, 3.05) is 0 Å². The van der Waals surface area contributed by atoms with Crippen LogP contribution in [0.3, 0.4) is 0 Å². The fourth-order valence-corrected chi connectivity index (χ4v) is 2.69. The van der Waals surface area contributed by atoms with E-state index in [1.54, 1.807) is 0 Å². The summed E-state index contributed by atoms with van der Waals surface area (Å²) >= 11 is -0.571. The van der Waals surface area contributed by atoms with Crippen LogP contribution in [0.4, 0.5) is 0 Å². The van der Waals surface area contributed by atoms with Crippen LogP contribution in [-0.4, -0.2) is 14.3 Å². The maximum absolute atomic E-state index is 2.43. The van der Waals surface area contributed by atoms with E-state index in [4.69, 9.17) is 0 Å². The zero-order valence-electron chi connectivity index (χ0n) is 7.30. The van der Waals surface area contributed by atoms with Crippen molar-refractivity contribution in [2.24, 2.45) is 0 Å². The maximum atomic E-state index is 2.43. The summed E-state index contributed by atoms with van der Waals surface area (Å²) in [6.07, 6.45) is 1.29. The normalized spacial score (nSPS) is 10.5. The van der Waals surface area contributed by atoms with Crippen LogP contribution >= 0.6 is 0 Å². The molecule has 1 aromatic rings. The summed E-state index contributed by atoms with van der Waals surface area (Å²) in [5, 5.41) is 1.46. The Kier molecular flexibility index (Phi) is 3.71.